The lowest BCUT2D eigenvalue weighted by atomic mass is 10.2. The standard InChI is InChI=1S/C18H14N2O3S2/c1-24-14-3-2-4-15-17(14)20-18(25-15)19-16(21)8-6-11-5-7-12-13(9-11)23-10-22-12/h2-9H,10H2,1H3,(H,19,20,21)/b8-6-. The van der Waals surface area contributed by atoms with Crippen molar-refractivity contribution in [3.05, 3.63) is 48.0 Å². The molecule has 0 spiro atoms. The van der Waals surface area contributed by atoms with Crippen molar-refractivity contribution in [1.29, 1.82) is 0 Å². The Morgan fingerprint density at radius 1 is 1.28 bits per heavy atom. The third-order valence-electron chi connectivity index (χ3n) is 3.66. The van der Waals surface area contributed by atoms with Gasteiger partial charge < -0.3 is 9.47 Å². The van der Waals surface area contributed by atoms with E-state index in [1.807, 2.05) is 42.7 Å². The van der Waals surface area contributed by atoms with Crippen molar-refractivity contribution in [2.24, 2.45) is 0 Å². The van der Waals surface area contributed by atoms with Crippen LogP contribution < -0.4 is 14.8 Å². The number of hydrogen-bond donors (Lipinski definition) is 1. The number of carbonyl (C=O) groups excluding carboxylic acids is 1. The summed E-state index contributed by atoms with van der Waals surface area (Å²) >= 11 is 3.11. The molecule has 0 bridgehead atoms. The number of ether oxygens (including phenoxy) is 2. The molecule has 4 rings (SSSR count). The molecule has 3 aromatic rings. The number of thiazole rings is 1. The summed E-state index contributed by atoms with van der Waals surface area (Å²) in [5.41, 5.74) is 1.79. The Labute approximate surface area is 152 Å². The van der Waals surface area contributed by atoms with Gasteiger partial charge in [-0.15, -0.1) is 11.8 Å². The molecule has 1 aliphatic heterocycles. The number of rotatable bonds is 4. The molecule has 1 N–H and O–H groups in total. The average Bonchev–Trinajstić information content (AvgIpc) is 3.25. The van der Waals surface area contributed by atoms with Crippen LogP contribution >= 0.6 is 23.1 Å². The highest BCUT2D eigenvalue weighted by molar-refractivity contribution is 7.98. The first-order valence-corrected chi connectivity index (χ1v) is 9.59. The van der Waals surface area contributed by atoms with Crippen molar-refractivity contribution in [2.45, 2.75) is 4.90 Å². The zero-order chi connectivity index (χ0) is 17.2. The predicted molar refractivity (Wildman–Crippen MR) is 102 cm³/mol. The number of aromatic nitrogens is 1. The largest absolute Gasteiger partial charge is 0.454 e. The van der Waals surface area contributed by atoms with E-state index >= 15 is 0 Å². The fraction of sp³-hybridized carbons (Fsp3) is 0.111. The molecule has 1 amide bonds. The number of thioether (sulfide) groups is 1. The first-order chi connectivity index (χ1) is 12.2. The maximum absolute atomic E-state index is 12.2. The van der Waals surface area contributed by atoms with E-state index in [9.17, 15) is 4.79 Å². The molecule has 0 aliphatic carbocycles. The van der Waals surface area contributed by atoms with Crippen molar-refractivity contribution in [3.63, 3.8) is 0 Å². The predicted octanol–water partition coefficient (Wildman–Crippen LogP) is 4.40. The number of benzene rings is 2. The normalized spacial score (nSPS) is 12.8. The zero-order valence-corrected chi connectivity index (χ0v) is 14.9. The second-order valence-electron chi connectivity index (χ2n) is 5.26. The van der Waals surface area contributed by atoms with E-state index in [2.05, 4.69) is 10.3 Å². The topological polar surface area (TPSA) is 60.5 Å². The molecule has 0 atom stereocenters. The van der Waals surface area contributed by atoms with Crippen molar-refractivity contribution in [2.75, 3.05) is 18.4 Å². The Bertz CT molecular complexity index is 982. The first-order valence-electron chi connectivity index (χ1n) is 7.55. The quantitative estimate of drug-likeness (QED) is 0.545. The Morgan fingerprint density at radius 2 is 2.16 bits per heavy atom. The molecular formula is C18H14N2O3S2. The van der Waals surface area contributed by atoms with E-state index in [4.69, 9.17) is 9.47 Å². The van der Waals surface area contributed by atoms with Crippen LogP contribution in [0, 0.1) is 0 Å². The first kappa shape index (κ1) is 16.0. The number of para-hydroxylation sites is 1. The van der Waals surface area contributed by atoms with Crippen molar-refractivity contribution in [3.8, 4) is 11.5 Å². The second-order valence-corrected chi connectivity index (χ2v) is 7.14. The van der Waals surface area contributed by atoms with Crippen LogP contribution in [0.15, 0.2) is 47.4 Å². The van der Waals surface area contributed by atoms with Crippen LogP contribution in [0.1, 0.15) is 5.56 Å². The minimum Gasteiger partial charge on any atom is -0.454 e. The van der Waals surface area contributed by atoms with E-state index in [1.165, 1.54) is 17.4 Å². The van der Waals surface area contributed by atoms with Gasteiger partial charge in [-0.3, -0.25) is 10.1 Å². The van der Waals surface area contributed by atoms with Crippen LogP contribution in [0.5, 0.6) is 11.5 Å². The molecule has 7 heteroatoms. The number of amides is 1. The van der Waals surface area contributed by atoms with E-state index in [0.717, 1.165) is 26.4 Å². The van der Waals surface area contributed by atoms with E-state index in [-0.39, 0.29) is 12.7 Å². The van der Waals surface area contributed by atoms with Crippen molar-refractivity contribution in [1.82, 2.24) is 4.98 Å². The van der Waals surface area contributed by atoms with Crippen LogP contribution in [-0.4, -0.2) is 23.9 Å². The highest BCUT2D eigenvalue weighted by atomic mass is 32.2. The number of nitrogens with one attached hydrogen (secondary N) is 1. The molecule has 1 aromatic heterocycles. The fourth-order valence-electron chi connectivity index (χ4n) is 2.48. The maximum atomic E-state index is 12.2. The van der Waals surface area contributed by atoms with Crippen LogP contribution in [0.3, 0.4) is 0 Å². The van der Waals surface area contributed by atoms with Gasteiger partial charge in [-0.2, -0.15) is 0 Å². The number of hydrogen-bond acceptors (Lipinski definition) is 6. The SMILES string of the molecule is CSc1cccc2sc(NC(=O)/C=C\c3ccc4c(c3)OCO4)nc12. The smallest absolute Gasteiger partial charge is 0.250 e. The summed E-state index contributed by atoms with van der Waals surface area (Å²) < 4.78 is 11.7. The fourth-order valence-corrected chi connectivity index (χ4v) is 4.00. The summed E-state index contributed by atoms with van der Waals surface area (Å²) in [4.78, 5) is 17.8. The molecule has 0 saturated carbocycles. The molecule has 5 nitrogen and oxygen atoms in total. The van der Waals surface area contributed by atoms with E-state index in [0.29, 0.717) is 10.9 Å². The minimum absolute atomic E-state index is 0.220. The highest BCUT2D eigenvalue weighted by Crippen LogP contribution is 2.33. The Balaban J connectivity index is 1.48. The van der Waals surface area contributed by atoms with Gasteiger partial charge in [0, 0.05) is 11.0 Å². The van der Waals surface area contributed by atoms with Gasteiger partial charge in [0.05, 0.1) is 10.2 Å². The lowest BCUT2D eigenvalue weighted by Crippen LogP contribution is -2.07. The third kappa shape index (κ3) is 3.33. The van der Waals surface area contributed by atoms with Crippen LogP contribution in [0.4, 0.5) is 5.13 Å². The summed E-state index contributed by atoms with van der Waals surface area (Å²) in [6.45, 7) is 0.235. The molecule has 1 aliphatic rings. The Morgan fingerprint density at radius 3 is 3.04 bits per heavy atom. The van der Waals surface area contributed by atoms with Crippen LogP contribution in [0.2, 0.25) is 0 Å². The molecule has 0 radical (unpaired) electrons. The van der Waals surface area contributed by atoms with Gasteiger partial charge in [-0.05, 0) is 42.2 Å². The second kappa shape index (κ2) is 6.78. The van der Waals surface area contributed by atoms with Gasteiger partial charge >= 0.3 is 0 Å². The minimum atomic E-state index is -0.220. The highest BCUT2D eigenvalue weighted by Gasteiger charge is 2.12. The maximum Gasteiger partial charge on any atom is 0.250 e. The number of nitrogens with zero attached hydrogens (tertiary/aromatic N) is 1. The molecular weight excluding hydrogens is 356 g/mol. The molecule has 0 unspecified atom stereocenters. The zero-order valence-electron chi connectivity index (χ0n) is 13.3. The van der Waals surface area contributed by atoms with E-state index in [1.54, 1.807) is 17.8 Å². The third-order valence-corrected chi connectivity index (χ3v) is 5.36. The van der Waals surface area contributed by atoms with E-state index < -0.39 is 0 Å². The number of carbonyl (C=O) groups is 1. The molecule has 0 saturated heterocycles. The summed E-state index contributed by atoms with van der Waals surface area (Å²) in [5, 5.41) is 3.42. The summed E-state index contributed by atoms with van der Waals surface area (Å²) in [6, 6.07) is 11.6. The molecule has 2 heterocycles. The van der Waals surface area contributed by atoms with Gasteiger partial charge in [0.25, 0.3) is 0 Å². The Hall–Kier alpha value is -2.51. The van der Waals surface area contributed by atoms with Crippen molar-refractivity contribution >= 4 is 50.4 Å². The van der Waals surface area contributed by atoms with Gasteiger partial charge in [-0.25, -0.2) is 4.98 Å². The van der Waals surface area contributed by atoms with Gasteiger partial charge in [0.1, 0.15) is 0 Å². The average molecular weight is 370 g/mol. The summed E-state index contributed by atoms with van der Waals surface area (Å²) in [5.74, 6) is 1.20. The number of anilines is 1. The summed E-state index contributed by atoms with van der Waals surface area (Å²) in [7, 11) is 0. The van der Waals surface area contributed by atoms with Crippen LogP contribution in [-0.2, 0) is 4.79 Å². The van der Waals surface area contributed by atoms with Gasteiger partial charge in [-0.1, -0.05) is 23.5 Å². The molecule has 2 aromatic carbocycles. The monoisotopic (exact) mass is 370 g/mol. The molecule has 0 fully saturated rings. The Kier molecular flexibility index (Phi) is 4.33. The van der Waals surface area contributed by atoms with Gasteiger partial charge in [0.15, 0.2) is 16.6 Å². The lowest BCUT2D eigenvalue weighted by Gasteiger charge is -1.98. The number of fused-ring (bicyclic) bond motifs is 2. The van der Waals surface area contributed by atoms with Gasteiger partial charge in [0.2, 0.25) is 12.7 Å². The molecule has 25 heavy (non-hydrogen) atoms. The van der Waals surface area contributed by atoms with Crippen LogP contribution in [0.25, 0.3) is 16.3 Å². The molecule has 126 valence electrons. The summed E-state index contributed by atoms with van der Waals surface area (Å²) in [6.07, 6.45) is 5.23. The van der Waals surface area contributed by atoms with Crippen molar-refractivity contribution < 1.29 is 14.3 Å². The lowest BCUT2D eigenvalue weighted by molar-refractivity contribution is -0.111.